The van der Waals surface area contributed by atoms with Crippen LogP contribution in [0.1, 0.15) is 18.4 Å². The predicted octanol–water partition coefficient (Wildman–Crippen LogP) is 2.93. The zero-order valence-electron chi connectivity index (χ0n) is 14.3. The van der Waals surface area contributed by atoms with Crippen molar-refractivity contribution in [3.05, 3.63) is 48.0 Å². The summed E-state index contributed by atoms with van der Waals surface area (Å²) in [6.07, 6.45) is 2.24. The van der Waals surface area contributed by atoms with Gasteiger partial charge in [0.25, 0.3) is 0 Å². The SMILES string of the molecule is O=C(NCc1ccc2ccccc2c1)N1CCO[C@H]([C@H]2CCCO2)C1. The van der Waals surface area contributed by atoms with E-state index >= 15 is 0 Å². The fourth-order valence-corrected chi connectivity index (χ4v) is 3.62. The molecule has 0 aliphatic carbocycles. The van der Waals surface area contributed by atoms with E-state index in [0.717, 1.165) is 25.0 Å². The summed E-state index contributed by atoms with van der Waals surface area (Å²) in [6, 6.07) is 14.5. The highest BCUT2D eigenvalue weighted by atomic mass is 16.5. The van der Waals surface area contributed by atoms with E-state index in [1.165, 1.54) is 10.8 Å². The standard InChI is InChI=1S/C20H24N2O3/c23-20(22-9-11-25-19(14-22)18-6-3-10-24-18)21-13-15-7-8-16-4-1-2-5-17(16)12-15/h1-2,4-5,7-8,12,18-19H,3,6,9-11,13-14H2,(H,21,23)/t18-,19+/m1/s1. The van der Waals surface area contributed by atoms with Crippen molar-refractivity contribution in [2.75, 3.05) is 26.3 Å². The molecular weight excluding hydrogens is 316 g/mol. The second-order valence-electron chi connectivity index (χ2n) is 6.75. The molecule has 2 saturated heterocycles. The van der Waals surface area contributed by atoms with Gasteiger partial charge in [-0.3, -0.25) is 0 Å². The van der Waals surface area contributed by atoms with E-state index in [2.05, 4.69) is 35.6 Å². The van der Waals surface area contributed by atoms with Crippen molar-refractivity contribution < 1.29 is 14.3 Å². The lowest BCUT2D eigenvalue weighted by molar-refractivity contribution is -0.0849. The van der Waals surface area contributed by atoms with Crippen LogP contribution in [-0.2, 0) is 16.0 Å². The minimum Gasteiger partial charge on any atom is -0.375 e. The van der Waals surface area contributed by atoms with Gasteiger partial charge in [0, 0.05) is 19.7 Å². The normalized spacial score (nSPS) is 23.8. The zero-order chi connectivity index (χ0) is 17.1. The van der Waals surface area contributed by atoms with Crippen LogP contribution in [0.5, 0.6) is 0 Å². The zero-order valence-corrected chi connectivity index (χ0v) is 14.3. The number of carbonyl (C=O) groups is 1. The summed E-state index contributed by atoms with van der Waals surface area (Å²) >= 11 is 0. The van der Waals surface area contributed by atoms with Gasteiger partial charge >= 0.3 is 6.03 Å². The average molecular weight is 340 g/mol. The maximum atomic E-state index is 12.5. The lowest BCUT2D eigenvalue weighted by atomic mass is 10.1. The summed E-state index contributed by atoms with van der Waals surface area (Å²) < 4.78 is 11.5. The maximum absolute atomic E-state index is 12.5. The van der Waals surface area contributed by atoms with Crippen LogP contribution in [0.2, 0.25) is 0 Å². The summed E-state index contributed by atoms with van der Waals surface area (Å²) in [5.41, 5.74) is 1.11. The van der Waals surface area contributed by atoms with Crippen LogP contribution in [0.25, 0.3) is 10.8 Å². The molecule has 2 aromatic rings. The number of nitrogens with one attached hydrogen (secondary N) is 1. The molecule has 1 N–H and O–H groups in total. The Kier molecular flexibility index (Phi) is 4.85. The Balaban J connectivity index is 1.34. The van der Waals surface area contributed by atoms with Crippen molar-refractivity contribution in [3.8, 4) is 0 Å². The highest BCUT2D eigenvalue weighted by Crippen LogP contribution is 2.21. The highest BCUT2D eigenvalue weighted by molar-refractivity contribution is 5.83. The third-order valence-corrected chi connectivity index (χ3v) is 5.02. The third kappa shape index (κ3) is 3.78. The number of amides is 2. The van der Waals surface area contributed by atoms with Crippen LogP contribution >= 0.6 is 0 Å². The molecule has 2 fully saturated rings. The van der Waals surface area contributed by atoms with E-state index in [-0.39, 0.29) is 18.2 Å². The molecule has 0 spiro atoms. The molecule has 132 valence electrons. The molecule has 0 aromatic heterocycles. The van der Waals surface area contributed by atoms with E-state index in [0.29, 0.717) is 26.2 Å². The number of ether oxygens (including phenoxy) is 2. The summed E-state index contributed by atoms with van der Waals surface area (Å²) in [7, 11) is 0. The number of nitrogens with zero attached hydrogens (tertiary/aromatic N) is 1. The maximum Gasteiger partial charge on any atom is 0.317 e. The first-order chi connectivity index (χ1) is 12.3. The monoisotopic (exact) mass is 340 g/mol. The number of hydrogen-bond donors (Lipinski definition) is 1. The molecule has 25 heavy (non-hydrogen) atoms. The van der Waals surface area contributed by atoms with Gasteiger partial charge in [-0.2, -0.15) is 0 Å². The second kappa shape index (κ2) is 7.42. The van der Waals surface area contributed by atoms with Crippen LogP contribution in [0.3, 0.4) is 0 Å². The molecule has 2 atom stereocenters. The Morgan fingerprint density at radius 3 is 2.76 bits per heavy atom. The lowest BCUT2D eigenvalue weighted by Crippen LogP contribution is -2.52. The fraction of sp³-hybridized carbons (Fsp3) is 0.450. The van der Waals surface area contributed by atoms with Crippen molar-refractivity contribution in [1.82, 2.24) is 10.2 Å². The predicted molar refractivity (Wildman–Crippen MR) is 96.5 cm³/mol. The van der Waals surface area contributed by atoms with Gasteiger partial charge in [-0.1, -0.05) is 36.4 Å². The molecule has 0 bridgehead atoms. The number of benzene rings is 2. The van der Waals surface area contributed by atoms with Gasteiger partial charge in [-0.15, -0.1) is 0 Å². The van der Waals surface area contributed by atoms with Gasteiger partial charge in [0.05, 0.1) is 19.3 Å². The molecule has 2 aliphatic heterocycles. The van der Waals surface area contributed by atoms with Gasteiger partial charge in [0.2, 0.25) is 0 Å². The molecule has 0 saturated carbocycles. The topological polar surface area (TPSA) is 50.8 Å². The first kappa shape index (κ1) is 16.4. The van der Waals surface area contributed by atoms with E-state index in [4.69, 9.17) is 9.47 Å². The first-order valence-electron chi connectivity index (χ1n) is 9.03. The smallest absolute Gasteiger partial charge is 0.317 e. The molecule has 5 nitrogen and oxygen atoms in total. The number of carbonyl (C=O) groups excluding carboxylic acids is 1. The van der Waals surface area contributed by atoms with Crippen LogP contribution in [-0.4, -0.2) is 49.4 Å². The van der Waals surface area contributed by atoms with Crippen molar-refractivity contribution in [2.45, 2.75) is 31.6 Å². The Bertz CT molecular complexity index is 743. The van der Waals surface area contributed by atoms with Crippen LogP contribution < -0.4 is 5.32 Å². The molecule has 0 radical (unpaired) electrons. The average Bonchev–Trinajstić information content (AvgIpc) is 3.21. The van der Waals surface area contributed by atoms with Crippen molar-refractivity contribution >= 4 is 16.8 Å². The molecule has 4 rings (SSSR count). The highest BCUT2D eigenvalue weighted by Gasteiger charge is 2.32. The molecule has 2 amide bonds. The van der Waals surface area contributed by atoms with Gasteiger partial charge in [0.1, 0.15) is 6.10 Å². The molecule has 2 heterocycles. The minimum atomic E-state index is -0.0283. The van der Waals surface area contributed by atoms with E-state index in [1.807, 2.05) is 17.0 Å². The van der Waals surface area contributed by atoms with Crippen LogP contribution in [0.15, 0.2) is 42.5 Å². The van der Waals surface area contributed by atoms with E-state index in [9.17, 15) is 4.79 Å². The van der Waals surface area contributed by atoms with Crippen molar-refractivity contribution in [2.24, 2.45) is 0 Å². The Labute approximate surface area is 147 Å². The molecule has 2 aromatic carbocycles. The molecule has 2 aliphatic rings. The number of fused-ring (bicyclic) bond motifs is 1. The number of morpholine rings is 1. The van der Waals surface area contributed by atoms with Crippen LogP contribution in [0.4, 0.5) is 4.79 Å². The summed E-state index contributed by atoms with van der Waals surface area (Å²) in [5.74, 6) is 0. The van der Waals surface area contributed by atoms with Gasteiger partial charge in [-0.25, -0.2) is 4.79 Å². The van der Waals surface area contributed by atoms with Crippen molar-refractivity contribution in [3.63, 3.8) is 0 Å². The van der Waals surface area contributed by atoms with Gasteiger partial charge in [-0.05, 0) is 35.2 Å². The van der Waals surface area contributed by atoms with Crippen LogP contribution in [0, 0.1) is 0 Å². The largest absolute Gasteiger partial charge is 0.375 e. The number of urea groups is 1. The number of hydrogen-bond acceptors (Lipinski definition) is 3. The van der Waals surface area contributed by atoms with Gasteiger partial charge < -0.3 is 19.7 Å². The van der Waals surface area contributed by atoms with Gasteiger partial charge in [0.15, 0.2) is 0 Å². The molecule has 5 heteroatoms. The minimum absolute atomic E-state index is 0.00247. The summed E-state index contributed by atoms with van der Waals surface area (Å²) in [5, 5.41) is 5.44. The Morgan fingerprint density at radius 2 is 1.92 bits per heavy atom. The Morgan fingerprint density at radius 1 is 1.08 bits per heavy atom. The first-order valence-corrected chi connectivity index (χ1v) is 9.03. The number of rotatable bonds is 3. The summed E-state index contributed by atoms with van der Waals surface area (Å²) in [6.45, 7) is 3.15. The van der Waals surface area contributed by atoms with E-state index < -0.39 is 0 Å². The quantitative estimate of drug-likeness (QED) is 0.935. The Hall–Kier alpha value is -2.11. The second-order valence-corrected chi connectivity index (χ2v) is 6.75. The molecule has 0 unspecified atom stereocenters. The molecular formula is C20H24N2O3. The summed E-state index contributed by atoms with van der Waals surface area (Å²) in [4.78, 5) is 14.4. The lowest BCUT2D eigenvalue weighted by Gasteiger charge is -2.35. The third-order valence-electron chi connectivity index (χ3n) is 5.02. The fourth-order valence-electron chi connectivity index (χ4n) is 3.62. The van der Waals surface area contributed by atoms with E-state index in [1.54, 1.807) is 0 Å². The van der Waals surface area contributed by atoms with Crippen molar-refractivity contribution in [1.29, 1.82) is 0 Å².